The van der Waals surface area contributed by atoms with Crippen molar-refractivity contribution >= 4 is 0 Å². The van der Waals surface area contributed by atoms with Gasteiger partial charge in [0.2, 0.25) is 0 Å². The van der Waals surface area contributed by atoms with Gasteiger partial charge < -0.3 is 0 Å². The lowest BCUT2D eigenvalue weighted by atomic mass is 9.87. The van der Waals surface area contributed by atoms with Gasteiger partial charge in [-0.05, 0) is 80.8 Å². The van der Waals surface area contributed by atoms with E-state index in [1.165, 1.54) is 46.2 Å². The topological polar surface area (TPSA) is 0 Å². The third-order valence-electron chi connectivity index (χ3n) is 3.70. The Hall–Kier alpha value is -0.780. The Bertz CT molecular complexity index is 330. The van der Waals surface area contributed by atoms with Gasteiger partial charge in [0, 0.05) is 0 Å². The van der Waals surface area contributed by atoms with E-state index < -0.39 is 0 Å². The van der Waals surface area contributed by atoms with Gasteiger partial charge in [-0.25, -0.2) is 0 Å². The van der Waals surface area contributed by atoms with Gasteiger partial charge in [-0.2, -0.15) is 0 Å². The first kappa shape index (κ1) is 12.3. The molecule has 1 aromatic rings. The molecule has 0 aromatic heterocycles. The van der Waals surface area contributed by atoms with Gasteiger partial charge in [-0.1, -0.05) is 13.3 Å². The van der Waals surface area contributed by atoms with Crippen LogP contribution in [0.2, 0.25) is 0 Å². The Labute approximate surface area is 94.7 Å². The highest BCUT2D eigenvalue weighted by Gasteiger charge is 2.11. The predicted molar refractivity (Wildman–Crippen MR) is 68.4 cm³/mol. The minimum Gasteiger partial charge on any atom is -0.0654 e. The summed E-state index contributed by atoms with van der Waals surface area (Å²) in [4.78, 5) is 0. The molecule has 0 aliphatic carbocycles. The van der Waals surface area contributed by atoms with Crippen LogP contribution in [-0.4, -0.2) is 0 Å². The summed E-state index contributed by atoms with van der Waals surface area (Å²) in [6.45, 7) is 13.4. The molecule has 0 fully saturated rings. The number of rotatable bonds is 3. The first-order valence-electron chi connectivity index (χ1n) is 5.90. The molecule has 0 spiro atoms. The van der Waals surface area contributed by atoms with Crippen LogP contribution in [0.15, 0.2) is 0 Å². The Morgan fingerprint density at radius 1 is 0.733 bits per heavy atom. The molecular formula is C15H23. The van der Waals surface area contributed by atoms with E-state index in [9.17, 15) is 0 Å². The maximum absolute atomic E-state index is 2.39. The monoisotopic (exact) mass is 203 g/mol. The van der Waals surface area contributed by atoms with Gasteiger partial charge in [0.1, 0.15) is 0 Å². The summed E-state index contributed by atoms with van der Waals surface area (Å²) < 4.78 is 0. The van der Waals surface area contributed by atoms with Crippen LogP contribution in [0.3, 0.4) is 0 Å². The molecule has 0 saturated heterocycles. The zero-order valence-corrected chi connectivity index (χ0v) is 11.0. The van der Waals surface area contributed by atoms with E-state index in [0.717, 1.165) is 0 Å². The quantitative estimate of drug-likeness (QED) is 0.674. The van der Waals surface area contributed by atoms with Gasteiger partial charge in [0.25, 0.3) is 0 Å². The first-order chi connectivity index (χ1) is 7.00. The van der Waals surface area contributed by atoms with Crippen LogP contribution in [0, 0.1) is 41.0 Å². The number of unbranched alkanes of at least 4 members (excludes halogenated alkanes) is 1. The molecule has 0 aliphatic heterocycles. The van der Waals surface area contributed by atoms with Crippen molar-refractivity contribution in [2.75, 3.05) is 0 Å². The van der Waals surface area contributed by atoms with Crippen molar-refractivity contribution in [2.24, 2.45) is 0 Å². The Morgan fingerprint density at radius 2 is 1.13 bits per heavy atom. The van der Waals surface area contributed by atoms with Crippen molar-refractivity contribution in [3.05, 3.63) is 39.8 Å². The van der Waals surface area contributed by atoms with Gasteiger partial charge in [-0.15, -0.1) is 0 Å². The molecule has 1 radical (unpaired) electrons. The molecule has 0 aliphatic rings. The fraction of sp³-hybridized carbons (Fsp3) is 0.533. The van der Waals surface area contributed by atoms with Crippen LogP contribution in [0.25, 0.3) is 0 Å². The van der Waals surface area contributed by atoms with E-state index in [1.807, 2.05) is 0 Å². The van der Waals surface area contributed by atoms with Crippen LogP contribution in [0.5, 0.6) is 0 Å². The molecule has 0 bridgehead atoms. The number of hydrogen-bond donors (Lipinski definition) is 0. The highest BCUT2D eigenvalue weighted by atomic mass is 14.2. The van der Waals surface area contributed by atoms with E-state index in [0.29, 0.717) is 0 Å². The Balaban J connectivity index is 3.26. The molecule has 1 aromatic carbocycles. The SMILES string of the molecule is CCC[CH]c1c(C)c(C)c(C)c(C)c1C. The van der Waals surface area contributed by atoms with Crippen LogP contribution in [0.4, 0.5) is 0 Å². The summed E-state index contributed by atoms with van der Waals surface area (Å²) in [6.07, 6.45) is 4.80. The highest BCUT2D eigenvalue weighted by Crippen LogP contribution is 2.27. The van der Waals surface area contributed by atoms with Gasteiger partial charge in [0.15, 0.2) is 0 Å². The summed E-state index contributed by atoms with van der Waals surface area (Å²) in [5, 5.41) is 0. The van der Waals surface area contributed by atoms with Crippen molar-refractivity contribution < 1.29 is 0 Å². The highest BCUT2D eigenvalue weighted by molar-refractivity contribution is 5.52. The van der Waals surface area contributed by atoms with Crippen molar-refractivity contribution in [3.63, 3.8) is 0 Å². The van der Waals surface area contributed by atoms with Crippen LogP contribution >= 0.6 is 0 Å². The summed E-state index contributed by atoms with van der Waals surface area (Å²) in [6, 6.07) is 0. The Morgan fingerprint density at radius 3 is 1.53 bits per heavy atom. The fourth-order valence-electron chi connectivity index (χ4n) is 2.12. The third kappa shape index (κ3) is 2.25. The summed E-state index contributed by atoms with van der Waals surface area (Å²) in [7, 11) is 0. The lowest BCUT2D eigenvalue weighted by Crippen LogP contribution is -2.01. The van der Waals surface area contributed by atoms with E-state index in [-0.39, 0.29) is 0 Å². The van der Waals surface area contributed by atoms with E-state index in [4.69, 9.17) is 0 Å². The molecule has 0 heterocycles. The first-order valence-corrected chi connectivity index (χ1v) is 5.90. The zero-order chi connectivity index (χ0) is 11.6. The summed E-state index contributed by atoms with van der Waals surface area (Å²) in [5.74, 6) is 0. The molecule has 0 nitrogen and oxygen atoms in total. The lowest BCUT2D eigenvalue weighted by molar-refractivity contribution is 0.904. The second-order valence-electron chi connectivity index (χ2n) is 4.53. The fourth-order valence-corrected chi connectivity index (χ4v) is 2.12. The van der Waals surface area contributed by atoms with Crippen LogP contribution in [-0.2, 0) is 0 Å². The van der Waals surface area contributed by atoms with Crippen molar-refractivity contribution in [3.8, 4) is 0 Å². The lowest BCUT2D eigenvalue weighted by Gasteiger charge is -2.18. The molecule has 0 unspecified atom stereocenters. The normalized spacial score (nSPS) is 10.8. The average Bonchev–Trinajstić information content (AvgIpc) is 2.24. The van der Waals surface area contributed by atoms with E-state index >= 15 is 0 Å². The third-order valence-corrected chi connectivity index (χ3v) is 3.70. The molecule has 0 amide bonds. The van der Waals surface area contributed by atoms with Crippen LogP contribution in [0.1, 0.15) is 53.1 Å². The molecule has 83 valence electrons. The minimum absolute atomic E-state index is 1.18. The molecule has 0 heteroatoms. The number of benzene rings is 1. The molecule has 15 heavy (non-hydrogen) atoms. The van der Waals surface area contributed by atoms with Gasteiger partial charge in [-0.3, -0.25) is 0 Å². The van der Waals surface area contributed by atoms with E-state index in [2.05, 4.69) is 48.0 Å². The summed E-state index contributed by atoms with van der Waals surface area (Å²) >= 11 is 0. The summed E-state index contributed by atoms with van der Waals surface area (Å²) in [5.41, 5.74) is 8.77. The van der Waals surface area contributed by atoms with Crippen molar-refractivity contribution in [1.29, 1.82) is 0 Å². The maximum Gasteiger partial charge on any atom is -0.00875 e. The molecule has 0 atom stereocenters. The predicted octanol–water partition coefficient (Wildman–Crippen LogP) is 4.58. The second kappa shape index (κ2) is 4.83. The van der Waals surface area contributed by atoms with Gasteiger partial charge in [0.05, 0.1) is 0 Å². The molecule has 1 rings (SSSR count). The largest absolute Gasteiger partial charge is 0.0654 e. The molecule has 0 saturated carbocycles. The molecule has 0 N–H and O–H groups in total. The minimum atomic E-state index is 1.18. The second-order valence-corrected chi connectivity index (χ2v) is 4.53. The Kier molecular flexibility index (Phi) is 3.96. The van der Waals surface area contributed by atoms with Gasteiger partial charge >= 0.3 is 0 Å². The molecular weight excluding hydrogens is 180 g/mol. The average molecular weight is 203 g/mol. The van der Waals surface area contributed by atoms with Crippen LogP contribution < -0.4 is 0 Å². The standard InChI is InChI=1S/C15H23/c1-7-8-9-15-13(5)11(3)10(2)12(4)14(15)6/h9H,7-8H2,1-6H3. The van der Waals surface area contributed by atoms with Crippen molar-refractivity contribution in [2.45, 2.75) is 54.4 Å². The maximum atomic E-state index is 2.39. The van der Waals surface area contributed by atoms with Crippen molar-refractivity contribution in [1.82, 2.24) is 0 Å². The number of hydrogen-bond acceptors (Lipinski definition) is 0. The smallest absolute Gasteiger partial charge is 0.00875 e. The zero-order valence-electron chi connectivity index (χ0n) is 11.0. The van der Waals surface area contributed by atoms with E-state index in [1.54, 1.807) is 0 Å².